The van der Waals surface area contributed by atoms with Crippen LogP contribution in [0.15, 0.2) is 24.3 Å². The van der Waals surface area contributed by atoms with E-state index < -0.39 is 0 Å². The van der Waals surface area contributed by atoms with Crippen molar-refractivity contribution in [3.05, 3.63) is 35.0 Å². The summed E-state index contributed by atoms with van der Waals surface area (Å²) in [6.45, 7) is 0.928. The van der Waals surface area contributed by atoms with Crippen molar-refractivity contribution in [3.63, 3.8) is 0 Å². The van der Waals surface area contributed by atoms with Gasteiger partial charge in [0.1, 0.15) is 0 Å². The molecule has 0 spiro atoms. The highest BCUT2D eigenvalue weighted by atomic mass is 35.5. The fourth-order valence-electron chi connectivity index (χ4n) is 1.80. The van der Waals surface area contributed by atoms with Crippen LogP contribution in [-0.4, -0.2) is 11.0 Å². The van der Waals surface area contributed by atoms with Crippen LogP contribution in [0, 0.1) is 0 Å². The summed E-state index contributed by atoms with van der Waals surface area (Å²) in [7, 11) is 0. The van der Waals surface area contributed by atoms with Gasteiger partial charge in [-0.2, -0.15) is 0 Å². The summed E-state index contributed by atoms with van der Waals surface area (Å²) in [4.78, 5) is 3.37. The molecule has 0 unspecified atom stereocenters. The van der Waals surface area contributed by atoms with Crippen LogP contribution in [0.5, 0.6) is 0 Å². The van der Waals surface area contributed by atoms with Crippen molar-refractivity contribution in [2.45, 2.75) is 25.4 Å². The predicted octanol–water partition coefficient (Wildman–Crippen LogP) is 3.07. The van der Waals surface area contributed by atoms with Gasteiger partial charge in [-0.25, -0.2) is 0 Å². The molecule has 1 aliphatic rings. The summed E-state index contributed by atoms with van der Waals surface area (Å²) in [5, 5.41) is 5.50. The van der Waals surface area contributed by atoms with Gasteiger partial charge in [-0.05, 0) is 36.4 Å². The second-order valence-corrected chi connectivity index (χ2v) is 4.62. The second-order valence-electron chi connectivity index (χ2n) is 4.18. The van der Waals surface area contributed by atoms with Crippen molar-refractivity contribution in [3.8, 4) is 0 Å². The Kier molecular flexibility index (Phi) is 2.19. The van der Waals surface area contributed by atoms with Crippen molar-refractivity contribution in [2.75, 3.05) is 0 Å². The Bertz CT molecular complexity index is 485. The third-order valence-corrected chi connectivity index (χ3v) is 3.03. The van der Waals surface area contributed by atoms with E-state index in [1.165, 1.54) is 23.9 Å². The number of hydrogen-bond acceptors (Lipinski definition) is 1. The molecule has 78 valence electrons. The Hall–Kier alpha value is -0.990. The van der Waals surface area contributed by atoms with E-state index >= 15 is 0 Å². The molecular weight excluding hydrogens is 208 g/mol. The van der Waals surface area contributed by atoms with E-state index in [9.17, 15) is 0 Å². The number of aromatic nitrogens is 1. The van der Waals surface area contributed by atoms with Gasteiger partial charge in [0, 0.05) is 28.8 Å². The summed E-state index contributed by atoms with van der Waals surface area (Å²) in [6, 6.07) is 8.88. The average Bonchev–Trinajstić information content (AvgIpc) is 2.95. The van der Waals surface area contributed by atoms with Gasteiger partial charge in [-0.1, -0.05) is 17.7 Å². The average molecular weight is 221 g/mol. The maximum atomic E-state index is 5.93. The van der Waals surface area contributed by atoms with Crippen LogP contribution in [0.2, 0.25) is 5.02 Å². The monoisotopic (exact) mass is 220 g/mol. The van der Waals surface area contributed by atoms with Gasteiger partial charge in [-0.3, -0.25) is 0 Å². The first-order valence-corrected chi connectivity index (χ1v) is 5.69. The van der Waals surface area contributed by atoms with Gasteiger partial charge in [0.15, 0.2) is 0 Å². The number of hydrogen-bond donors (Lipinski definition) is 2. The van der Waals surface area contributed by atoms with E-state index in [1.807, 2.05) is 12.1 Å². The van der Waals surface area contributed by atoms with Crippen molar-refractivity contribution < 1.29 is 0 Å². The number of H-pyrrole nitrogens is 1. The molecule has 0 bridgehead atoms. The molecule has 0 saturated heterocycles. The molecule has 1 aromatic carbocycles. The summed E-state index contributed by atoms with van der Waals surface area (Å²) in [5.74, 6) is 0. The first-order chi connectivity index (χ1) is 7.31. The van der Waals surface area contributed by atoms with Crippen molar-refractivity contribution in [2.24, 2.45) is 0 Å². The van der Waals surface area contributed by atoms with Crippen LogP contribution < -0.4 is 5.32 Å². The third kappa shape index (κ3) is 2.01. The zero-order chi connectivity index (χ0) is 10.3. The summed E-state index contributed by atoms with van der Waals surface area (Å²) >= 11 is 5.93. The van der Waals surface area contributed by atoms with E-state index in [2.05, 4.69) is 22.4 Å². The minimum Gasteiger partial charge on any atom is -0.357 e. The van der Waals surface area contributed by atoms with Crippen LogP contribution in [0.4, 0.5) is 0 Å². The highest BCUT2D eigenvalue weighted by molar-refractivity contribution is 6.31. The van der Waals surface area contributed by atoms with E-state index in [1.54, 1.807) is 0 Å². The molecular formula is C12H13ClN2. The molecule has 0 radical (unpaired) electrons. The maximum Gasteiger partial charge on any atom is 0.0471 e. The van der Waals surface area contributed by atoms with E-state index in [0.717, 1.165) is 23.1 Å². The molecule has 1 aromatic heterocycles. The van der Waals surface area contributed by atoms with Gasteiger partial charge < -0.3 is 10.3 Å². The normalized spacial score (nSPS) is 16.1. The van der Waals surface area contributed by atoms with Gasteiger partial charge in [0.05, 0.1) is 0 Å². The molecule has 2 nitrogen and oxygen atoms in total. The van der Waals surface area contributed by atoms with Gasteiger partial charge in [0.25, 0.3) is 0 Å². The quantitative estimate of drug-likeness (QED) is 0.818. The number of aromatic amines is 1. The molecule has 0 aliphatic heterocycles. The number of fused-ring (bicyclic) bond motifs is 1. The Balaban J connectivity index is 1.84. The molecule has 0 amide bonds. The number of rotatable bonds is 3. The molecule has 1 heterocycles. The molecule has 1 aliphatic carbocycles. The van der Waals surface area contributed by atoms with E-state index in [-0.39, 0.29) is 0 Å². The zero-order valence-corrected chi connectivity index (χ0v) is 9.14. The fraction of sp³-hybridized carbons (Fsp3) is 0.333. The predicted molar refractivity (Wildman–Crippen MR) is 63.2 cm³/mol. The first-order valence-electron chi connectivity index (χ1n) is 5.32. The number of benzene rings is 1. The lowest BCUT2D eigenvalue weighted by atomic mass is 10.2. The first kappa shape index (κ1) is 9.25. The van der Waals surface area contributed by atoms with Gasteiger partial charge >= 0.3 is 0 Å². The minimum atomic E-state index is 0.750. The van der Waals surface area contributed by atoms with Crippen LogP contribution in [0.3, 0.4) is 0 Å². The Morgan fingerprint density at radius 2 is 2.20 bits per heavy atom. The minimum absolute atomic E-state index is 0.750. The largest absolute Gasteiger partial charge is 0.357 e. The highest BCUT2D eigenvalue weighted by Crippen LogP contribution is 2.22. The van der Waals surface area contributed by atoms with E-state index in [0.29, 0.717) is 0 Å². The van der Waals surface area contributed by atoms with Crippen LogP contribution in [0.25, 0.3) is 10.9 Å². The zero-order valence-electron chi connectivity index (χ0n) is 8.39. The molecule has 2 aromatic rings. The Labute approximate surface area is 93.6 Å². The number of nitrogens with one attached hydrogen (secondary N) is 2. The molecule has 15 heavy (non-hydrogen) atoms. The Morgan fingerprint density at radius 3 is 3.00 bits per heavy atom. The van der Waals surface area contributed by atoms with E-state index in [4.69, 9.17) is 11.6 Å². The smallest absolute Gasteiger partial charge is 0.0471 e. The molecule has 0 atom stereocenters. The van der Waals surface area contributed by atoms with Gasteiger partial charge in [0.2, 0.25) is 0 Å². The lowest BCUT2D eigenvalue weighted by Gasteiger charge is -1.98. The van der Waals surface area contributed by atoms with Crippen LogP contribution in [0.1, 0.15) is 18.5 Å². The van der Waals surface area contributed by atoms with Crippen LogP contribution >= 0.6 is 11.6 Å². The molecule has 3 heteroatoms. The summed E-state index contributed by atoms with van der Waals surface area (Å²) < 4.78 is 0. The number of halogens is 1. The van der Waals surface area contributed by atoms with Crippen molar-refractivity contribution in [1.82, 2.24) is 10.3 Å². The van der Waals surface area contributed by atoms with Gasteiger partial charge in [-0.15, -0.1) is 0 Å². The lowest BCUT2D eigenvalue weighted by molar-refractivity contribution is 0.678. The maximum absolute atomic E-state index is 5.93. The highest BCUT2D eigenvalue weighted by Gasteiger charge is 2.20. The SMILES string of the molecule is Clc1ccc2cc(CNC3CC3)[nH]c2c1. The topological polar surface area (TPSA) is 27.8 Å². The fourth-order valence-corrected chi connectivity index (χ4v) is 1.97. The molecule has 2 N–H and O–H groups in total. The van der Waals surface area contributed by atoms with Crippen molar-refractivity contribution in [1.29, 1.82) is 0 Å². The third-order valence-electron chi connectivity index (χ3n) is 2.80. The second kappa shape index (κ2) is 3.54. The summed E-state index contributed by atoms with van der Waals surface area (Å²) in [6.07, 6.45) is 2.65. The Morgan fingerprint density at radius 1 is 1.33 bits per heavy atom. The lowest BCUT2D eigenvalue weighted by Crippen LogP contribution is -2.15. The van der Waals surface area contributed by atoms with Crippen molar-refractivity contribution >= 4 is 22.5 Å². The molecule has 3 rings (SSSR count). The molecule has 1 saturated carbocycles. The van der Waals surface area contributed by atoms with Crippen LogP contribution in [-0.2, 0) is 6.54 Å². The standard InChI is InChI=1S/C12H13ClN2/c13-9-2-1-8-5-11(15-12(8)6-9)7-14-10-3-4-10/h1-2,5-6,10,14-15H,3-4,7H2. The summed E-state index contributed by atoms with van der Waals surface area (Å²) in [5.41, 5.74) is 2.36. The molecule has 1 fully saturated rings.